The minimum atomic E-state index is -0.189. The SMILES string of the molecule is CCOc1ccccc1CC(=O)Nc1nocc1-c1ccncc1.c1cc2cc-2c1. The van der Waals surface area contributed by atoms with E-state index in [0.29, 0.717) is 23.7 Å². The van der Waals surface area contributed by atoms with E-state index in [1.165, 1.54) is 17.4 Å². The number of para-hydroxylation sites is 1. The van der Waals surface area contributed by atoms with Crippen LogP contribution in [0.4, 0.5) is 5.82 Å². The van der Waals surface area contributed by atoms with Gasteiger partial charge in [-0.25, -0.2) is 0 Å². The molecule has 2 aliphatic carbocycles. The van der Waals surface area contributed by atoms with Crippen molar-refractivity contribution in [3.63, 3.8) is 0 Å². The van der Waals surface area contributed by atoms with E-state index >= 15 is 0 Å². The topological polar surface area (TPSA) is 77.2 Å². The summed E-state index contributed by atoms with van der Waals surface area (Å²) in [6, 6.07) is 19.6. The zero-order valence-corrected chi connectivity index (χ0v) is 16.5. The van der Waals surface area contributed by atoms with Crippen molar-refractivity contribution in [3.05, 3.63) is 84.9 Å². The fourth-order valence-corrected chi connectivity index (χ4v) is 3.03. The van der Waals surface area contributed by atoms with Gasteiger partial charge in [-0.2, -0.15) is 0 Å². The minimum Gasteiger partial charge on any atom is -0.494 e. The highest BCUT2D eigenvalue weighted by molar-refractivity contribution is 5.95. The molecule has 5 rings (SSSR count). The number of hydrogen-bond donors (Lipinski definition) is 1. The molecule has 30 heavy (non-hydrogen) atoms. The van der Waals surface area contributed by atoms with Crippen molar-refractivity contribution in [1.82, 2.24) is 10.1 Å². The molecule has 3 aromatic rings. The molecule has 1 aromatic carbocycles. The second-order valence-corrected chi connectivity index (χ2v) is 6.66. The Bertz CT molecular complexity index is 1120. The predicted molar refractivity (Wildman–Crippen MR) is 115 cm³/mol. The number of anilines is 1. The van der Waals surface area contributed by atoms with Gasteiger partial charge in [0.1, 0.15) is 12.0 Å². The highest BCUT2D eigenvalue weighted by Crippen LogP contribution is 2.32. The molecule has 0 unspecified atom stereocenters. The van der Waals surface area contributed by atoms with Crippen molar-refractivity contribution in [3.8, 4) is 28.0 Å². The summed E-state index contributed by atoms with van der Waals surface area (Å²) in [5, 5.41) is 6.66. The van der Waals surface area contributed by atoms with Gasteiger partial charge >= 0.3 is 0 Å². The number of fused-ring (bicyclic) bond motifs is 1. The van der Waals surface area contributed by atoms with Crippen LogP contribution in [0.5, 0.6) is 5.75 Å². The van der Waals surface area contributed by atoms with Gasteiger partial charge in [-0.3, -0.25) is 9.78 Å². The number of nitrogens with zero attached hydrogens (tertiary/aromatic N) is 2. The summed E-state index contributed by atoms with van der Waals surface area (Å²) in [5.74, 6) is 0.913. The van der Waals surface area contributed by atoms with Crippen LogP contribution in [0.2, 0.25) is 0 Å². The molecule has 0 atom stereocenters. The largest absolute Gasteiger partial charge is 0.494 e. The van der Waals surface area contributed by atoms with Crippen LogP contribution in [0.1, 0.15) is 12.5 Å². The number of ether oxygens (including phenoxy) is 1. The zero-order chi connectivity index (χ0) is 20.8. The number of amides is 1. The molecule has 6 nitrogen and oxygen atoms in total. The first-order valence-corrected chi connectivity index (χ1v) is 9.70. The van der Waals surface area contributed by atoms with Crippen molar-refractivity contribution >= 4 is 11.7 Å². The van der Waals surface area contributed by atoms with Gasteiger partial charge in [0.05, 0.1) is 18.6 Å². The van der Waals surface area contributed by atoms with Crippen LogP contribution in [0.3, 0.4) is 0 Å². The van der Waals surface area contributed by atoms with E-state index in [-0.39, 0.29) is 12.3 Å². The molecule has 6 heteroatoms. The maximum absolute atomic E-state index is 12.4. The Morgan fingerprint density at radius 2 is 1.77 bits per heavy atom. The Labute approximate surface area is 174 Å². The van der Waals surface area contributed by atoms with E-state index in [4.69, 9.17) is 9.26 Å². The Balaban J connectivity index is 0.000000305. The van der Waals surface area contributed by atoms with Gasteiger partial charge in [0.25, 0.3) is 0 Å². The Kier molecular flexibility index (Phi) is 5.85. The molecular weight excluding hydrogens is 378 g/mol. The van der Waals surface area contributed by atoms with Crippen LogP contribution >= 0.6 is 0 Å². The standard InChI is InChI=1S/C18H17N3O3.C6H4/c1-2-23-16-6-4-3-5-14(16)11-17(22)20-18-15(12-24-21-18)13-7-9-19-10-8-13;1-2-5-4-6(5)3-1/h3-10,12H,2,11H2,1H3,(H,20,21,22);1-4H. The lowest BCUT2D eigenvalue weighted by Gasteiger charge is -2.09. The van der Waals surface area contributed by atoms with Crippen LogP contribution in [0, 0.1) is 0 Å². The summed E-state index contributed by atoms with van der Waals surface area (Å²) < 4.78 is 10.5. The Morgan fingerprint density at radius 3 is 2.43 bits per heavy atom. The second-order valence-electron chi connectivity index (χ2n) is 6.66. The molecule has 1 N–H and O–H groups in total. The molecule has 0 bridgehead atoms. The number of benzene rings is 2. The maximum Gasteiger partial charge on any atom is 0.230 e. The summed E-state index contributed by atoms with van der Waals surface area (Å²) in [6.45, 7) is 2.46. The van der Waals surface area contributed by atoms with Crippen molar-refractivity contribution in [1.29, 1.82) is 0 Å². The molecule has 2 heterocycles. The lowest BCUT2D eigenvalue weighted by atomic mass is 10.1. The van der Waals surface area contributed by atoms with Crippen LogP contribution in [-0.2, 0) is 11.2 Å². The number of carbonyl (C=O) groups is 1. The lowest BCUT2D eigenvalue weighted by molar-refractivity contribution is -0.115. The highest BCUT2D eigenvalue weighted by atomic mass is 16.5. The molecule has 0 fully saturated rings. The fraction of sp³-hybridized carbons (Fsp3) is 0.125. The first-order chi connectivity index (χ1) is 14.7. The van der Waals surface area contributed by atoms with Crippen molar-refractivity contribution in [2.75, 3.05) is 11.9 Å². The van der Waals surface area contributed by atoms with Gasteiger partial charge in [-0.15, -0.1) is 0 Å². The molecule has 2 aliphatic rings. The quantitative estimate of drug-likeness (QED) is 0.436. The van der Waals surface area contributed by atoms with Crippen LogP contribution in [-0.4, -0.2) is 22.7 Å². The van der Waals surface area contributed by atoms with E-state index in [0.717, 1.165) is 11.1 Å². The monoisotopic (exact) mass is 399 g/mol. The molecule has 1 amide bonds. The Morgan fingerprint density at radius 1 is 1.00 bits per heavy atom. The third kappa shape index (κ3) is 4.72. The normalized spacial score (nSPS) is 10.6. The minimum absolute atomic E-state index is 0.189. The van der Waals surface area contributed by atoms with E-state index in [9.17, 15) is 4.79 Å². The average molecular weight is 399 g/mol. The maximum atomic E-state index is 12.4. The first-order valence-electron chi connectivity index (χ1n) is 9.70. The van der Waals surface area contributed by atoms with Crippen LogP contribution in [0.25, 0.3) is 22.3 Å². The number of aromatic nitrogens is 2. The van der Waals surface area contributed by atoms with Crippen LogP contribution < -0.4 is 10.1 Å². The molecule has 0 saturated carbocycles. The van der Waals surface area contributed by atoms with Crippen molar-refractivity contribution in [2.24, 2.45) is 0 Å². The molecule has 0 aliphatic heterocycles. The van der Waals surface area contributed by atoms with E-state index < -0.39 is 0 Å². The predicted octanol–water partition coefficient (Wildman–Crippen LogP) is 4.98. The second kappa shape index (κ2) is 9.05. The van der Waals surface area contributed by atoms with E-state index in [1.807, 2.05) is 43.3 Å². The molecular formula is C24H21N3O3. The number of hydrogen-bond acceptors (Lipinski definition) is 5. The highest BCUT2D eigenvalue weighted by Gasteiger charge is 2.15. The molecule has 150 valence electrons. The van der Waals surface area contributed by atoms with Gasteiger partial charge in [0.15, 0.2) is 5.82 Å². The van der Waals surface area contributed by atoms with Gasteiger partial charge in [0, 0.05) is 18.0 Å². The molecule has 0 spiro atoms. The zero-order valence-electron chi connectivity index (χ0n) is 16.5. The number of carbonyl (C=O) groups excluding carboxylic acids is 1. The number of rotatable bonds is 6. The van der Waals surface area contributed by atoms with E-state index in [2.05, 4.69) is 39.7 Å². The first kappa shape index (κ1) is 19.4. The van der Waals surface area contributed by atoms with Gasteiger partial charge < -0.3 is 14.6 Å². The van der Waals surface area contributed by atoms with E-state index in [1.54, 1.807) is 12.4 Å². The van der Waals surface area contributed by atoms with Crippen molar-refractivity contribution < 1.29 is 14.1 Å². The summed E-state index contributed by atoms with van der Waals surface area (Å²) >= 11 is 0. The molecule has 0 saturated heterocycles. The van der Waals surface area contributed by atoms with Crippen molar-refractivity contribution in [2.45, 2.75) is 13.3 Å². The van der Waals surface area contributed by atoms with Gasteiger partial charge in [0.2, 0.25) is 5.91 Å². The third-order valence-corrected chi connectivity index (χ3v) is 4.55. The Hall–Kier alpha value is -3.93. The average Bonchev–Trinajstić information content (AvgIpc) is 3.13. The molecule has 2 aromatic heterocycles. The summed E-state index contributed by atoms with van der Waals surface area (Å²) in [6.07, 6.45) is 5.04. The number of pyridine rings is 1. The summed E-state index contributed by atoms with van der Waals surface area (Å²) in [5.41, 5.74) is 5.26. The fourth-order valence-electron chi connectivity index (χ4n) is 3.03. The summed E-state index contributed by atoms with van der Waals surface area (Å²) in [4.78, 5) is 16.3. The smallest absolute Gasteiger partial charge is 0.230 e. The van der Waals surface area contributed by atoms with Crippen LogP contribution in [0.15, 0.2) is 83.8 Å². The third-order valence-electron chi connectivity index (χ3n) is 4.55. The van der Waals surface area contributed by atoms with Gasteiger partial charge in [-0.05, 0) is 47.9 Å². The molecule has 0 radical (unpaired) electrons. The van der Waals surface area contributed by atoms with Gasteiger partial charge in [-0.1, -0.05) is 41.6 Å². The summed E-state index contributed by atoms with van der Waals surface area (Å²) in [7, 11) is 0. The number of nitrogens with one attached hydrogen (secondary N) is 1. The lowest BCUT2D eigenvalue weighted by Crippen LogP contribution is -2.15.